The standard InChI is InChI=1S/C21H25N5O2/c1-13-11-14(2)25(24-13)10-9-19(27)26-15-7-8-18(26)21(12-15)22-17-6-4-3-5-16(17)20(28)23-21/h3-6,11,15,18,22H,7-10,12H2,1-2H3,(H,23,28)/t15-,18-,21-/m0/s1. The number of aromatic nitrogens is 2. The fourth-order valence-corrected chi connectivity index (χ4v) is 5.28. The zero-order valence-electron chi connectivity index (χ0n) is 16.2. The van der Waals surface area contributed by atoms with Gasteiger partial charge in [-0.3, -0.25) is 14.3 Å². The smallest absolute Gasteiger partial charge is 0.255 e. The second-order valence-electron chi connectivity index (χ2n) is 8.25. The molecule has 0 aliphatic carbocycles. The maximum absolute atomic E-state index is 13.1. The molecule has 7 nitrogen and oxygen atoms in total. The van der Waals surface area contributed by atoms with E-state index in [9.17, 15) is 9.59 Å². The number of amides is 2. The Kier molecular flexibility index (Phi) is 3.76. The van der Waals surface area contributed by atoms with Gasteiger partial charge in [0.25, 0.3) is 5.91 Å². The van der Waals surface area contributed by atoms with Crippen LogP contribution in [-0.4, -0.2) is 44.2 Å². The van der Waals surface area contributed by atoms with Gasteiger partial charge in [0, 0.05) is 36.8 Å². The first-order valence-electron chi connectivity index (χ1n) is 9.99. The van der Waals surface area contributed by atoms with Crippen molar-refractivity contribution < 1.29 is 9.59 Å². The van der Waals surface area contributed by atoms with Gasteiger partial charge in [0.1, 0.15) is 5.66 Å². The van der Waals surface area contributed by atoms with Gasteiger partial charge >= 0.3 is 0 Å². The molecule has 5 rings (SSSR count). The molecule has 3 aliphatic rings. The normalized spacial score (nSPS) is 27.6. The molecule has 4 heterocycles. The summed E-state index contributed by atoms with van der Waals surface area (Å²) in [5.74, 6) is 0.0868. The van der Waals surface area contributed by atoms with Crippen molar-refractivity contribution in [2.24, 2.45) is 0 Å². The number of hydrogen-bond acceptors (Lipinski definition) is 4. The molecule has 1 spiro atoms. The maximum Gasteiger partial charge on any atom is 0.255 e. The number of nitrogens with one attached hydrogen (secondary N) is 2. The molecule has 2 amide bonds. The Bertz CT molecular complexity index is 967. The SMILES string of the molecule is Cc1cc(C)n(CCC(=O)N2[C@H]3CC[C@H]2[C@]2(C3)NC(=O)c3ccccc3N2)n1. The van der Waals surface area contributed by atoms with Crippen molar-refractivity contribution in [3.05, 3.63) is 47.3 Å². The van der Waals surface area contributed by atoms with Gasteiger partial charge in [-0.15, -0.1) is 0 Å². The van der Waals surface area contributed by atoms with Crippen LogP contribution in [0.25, 0.3) is 0 Å². The molecule has 2 aromatic rings. The Balaban J connectivity index is 1.35. The minimum absolute atomic E-state index is 0.0113. The molecule has 2 N–H and O–H groups in total. The highest BCUT2D eigenvalue weighted by Gasteiger charge is 2.59. The van der Waals surface area contributed by atoms with Crippen molar-refractivity contribution in [3.8, 4) is 0 Å². The summed E-state index contributed by atoms with van der Waals surface area (Å²) in [6.45, 7) is 4.56. The van der Waals surface area contributed by atoms with Crippen molar-refractivity contribution in [3.63, 3.8) is 0 Å². The summed E-state index contributed by atoms with van der Waals surface area (Å²) in [6.07, 6.45) is 3.09. The first kappa shape index (κ1) is 17.3. The second-order valence-corrected chi connectivity index (χ2v) is 8.25. The highest BCUT2D eigenvalue weighted by atomic mass is 16.2. The van der Waals surface area contributed by atoms with Crippen LogP contribution in [0.4, 0.5) is 5.69 Å². The van der Waals surface area contributed by atoms with Gasteiger partial charge in [0.15, 0.2) is 0 Å². The van der Waals surface area contributed by atoms with Gasteiger partial charge in [0.05, 0.1) is 17.3 Å². The third kappa shape index (κ3) is 2.52. The molecule has 2 saturated heterocycles. The third-order valence-electron chi connectivity index (χ3n) is 6.42. The maximum atomic E-state index is 13.1. The van der Waals surface area contributed by atoms with E-state index in [1.54, 1.807) is 0 Å². The molecular weight excluding hydrogens is 354 g/mol. The monoisotopic (exact) mass is 379 g/mol. The summed E-state index contributed by atoms with van der Waals surface area (Å²) in [7, 11) is 0. The number of anilines is 1. The number of fused-ring (bicyclic) bond motifs is 4. The molecule has 0 saturated carbocycles. The van der Waals surface area contributed by atoms with Crippen LogP contribution in [0.5, 0.6) is 0 Å². The van der Waals surface area contributed by atoms with Crippen LogP contribution in [0, 0.1) is 13.8 Å². The Morgan fingerprint density at radius 1 is 1.25 bits per heavy atom. The lowest BCUT2D eigenvalue weighted by Gasteiger charge is -2.43. The lowest BCUT2D eigenvalue weighted by atomic mass is 9.86. The van der Waals surface area contributed by atoms with Crippen molar-refractivity contribution >= 4 is 17.5 Å². The third-order valence-corrected chi connectivity index (χ3v) is 6.42. The molecule has 2 bridgehead atoms. The number of nitrogens with zero attached hydrogens (tertiary/aromatic N) is 3. The van der Waals surface area contributed by atoms with Crippen LogP contribution < -0.4 is 10.6 Å². The molecule has 0 radical (unpaired) electrons. The largest absolute Gasteiger partial charge is 0.360 e. The molecule has 28 heavy (non-hydrogen) atoms. The lowest BCUT2D eigenvalue weighted by molar-refractivity contribution is -0.133. The molecule has 146 valence electrons. The summed E-state index contributed by atoms with van der Waals surface area (Å²) in [6, 6.07) is 9.76. The fraction of sp³-hybridized carbons (Fsp3) is 0.476. The molecule has 2 fully saturated rings. The van der Waals surface area contributed by atoms with Gasteiger partial charge in [-0.25, -0.2) is 0 Å². The van der Waals surface area contributed by atoms with E-state index >= 15 is 0 Å². The van der Waals surface area contributed by atoms with E-state index in [4.69, 9.17) is 0 Å². The molecule has 0 unspecified atom stereocenters. The van der Waals surface area contributed by atoms with Crippen molar-refractivity contribution in [2.75, 3.05) is 5.32 Å². The van der Waals surface area contributed by atoms with Crippen molar-refractivity contribution in [1.29, 1.82) is 0 Å². The zero-order valence-corrected chi connectivity index (χ0v) is 16.2. The van der Waals surface area contributed by atoms with Crippen LogP contribution in [0.15, 0.2) is 30.3 Å². The zero-order chi connectivity index (χ0) is 19.5. The van der Waals surface area contributed by atoms with Crippen molar-refractivity contribution in [2.45, 2.75) is 63.8 Å². The fourth-order valence-electron chi connectivity index (χ4n) is 5.28. The number of benzene rings is 1. The summed E-state index contributed by atoms with van der Waals surface area (Å²) >= 11 is 0. The first-order chi connectivity index (χ1) is 13.5. The minimum Gasteiger partial charge on any atom is -0.360 e. The van der Waals surface area contributed by atoms with Gasteiger partial charge in [-0.1, -0.05) is 12.1 Å². The average molecular weight is 379 g/mol. The molecule has 1 aromatic carbocycles. The summed E-state index contributed by atoms with van der Waals surface area (Å²) < 4.78 is 1.90. The van der Waals surface area contributed by atoms with E-state index in [1.165, 1.54) is 0 Å². The second kappa shape index (κ2) is 6.09. The summed E-state index contributed by atoms with van der Waals surface area (Å²) in [4.78, 5) is 27.8. The number of para-hydroxylation sites is 1. The quantitative estimate of drug-likeness (QED) is 0.857. The van der Waals surface area contributed by atoms with Gasteiger partial charge < -0.3 is 15.5 Å². The summed E-state index contributed by atoms with van der Waals surface area (Å²) in [5.41, 5.74) is 3.01. The first-order valence-corrected chi connectivity index (χ1v) is 9.99. The highest BCUT2D eigenvalue weighted by Crippen LogP contribution is 2.46. The number of rotatable bonds is 3. The van der Waals surface area contributed by atoms with Gasteiger partial charge in [-0.2, -0.15) is 5.10 Å². The van der Waals surface area contributed by atoms with Crippen LogP contribution in [0.2, 0.25) is 0 Å². The Morgan fingerprint density at radius 2 is 2.07 bits per heavy atom. The molecular formula is C21H25N5O2. The van der Waals surface area contributed by atoms with Gasteiger partial charge in [0.2, 0.25) is 5.91 Å². The average Bonchev–Trinajstić information content (AvgIpc) is 3.30. The van der Waals surface area contributed by atoms with E-state index in [0.29, 0.717) is 18.5 Å². The van der Waals surface area contributed by atoms with E-state index in [1.807, 2.05) is 53.8 Å². The lowest BCUT2D eigenvalue weighted by Crippen LogP contribution is -2.64. The van der Waals surface area contributed by atoms with Crippen LogP contribution in [0.1, 0.15) is 47.4 Å². The minimum atomic E-state index is -0.553. The number of hydrogen-bond donors (Lipinski definition) is 2. The molecule has 3 atom stereocenters. The predicted octanol–water partition coefficient (Wildman–Crippen LogP) is 2.21. The van der Waals surface area contributed by atoms with Crippen LogP contribution in [0.3, 0.4) is 0 Å². The van der Waals surface area contributed by atoms with E-state index < -0.39 is 5.66 Å². The molecule has 7 heteroatoms. The molecule has 3 aliphatic heterocycles. The van der Waals surface area contributed by atoms with E-state index in [2.05, 4.69) is 15.7 Å². The number of carbonyl (C=O) groups excluding carboxylic acids is 2. The number of aryl methyl sites for hydroxylation is 3. The van der Waals surface area contributed by atoms with Gasteiger partial charge in [-0.05, 0) is 44.9 Å². The van der Waals surface area contributed by atoms with E-state index in [-0.39, 0.29) is 23.9 Å². The van der Waals surface area contributed by atoms with Crippen LogP contribution >= 0.6 is 0 Å². The number of carbonyl (C=O) groups is 2. The summed E-state index contributed by atoms with van der Waals surface area (Å²) in [5, 5.41) is 11.2. The van der Waals surface area contributed by atoms with Crippen molar-refractivity contribution in [1.82, 2.24) is 20.0 Å². The van der Waals surface area contributed by atoms with E-state index in [0.717, 1.165) is 36.3 Å². The molecule has 1 aromatic heterocycles. The van der Waals surface area contributed by atoms with Crippen LogP contribution in [-0.2, 0) is 11.3 Å². The Morgan fingerprint density at radius 3 is 2.86 bits per heavy atom. The Hall–Kier alpha value is -2.83. The Labute approximate surface area is 164 Å². The topological polar surface area (TPSA) is 79.3 Å². The predicted molar refractivity (Wildman–Crippen MR) is 105 cm³/mol. The highest BCUT2D eigenvalue weighted by molar-refractivity contribution is 6.02.